The first kappa shape index (κ1) is 16.3. The van der Waals surface area contributed by atoms with Crippen LogP contribution in [0.15, 0.2) is 30.3 Å². The number of carbonyl (C=O) groups excluding carboxylic acids is 3. The molecule has 0 saturated carbocycles. The number of piperazine rings is 1. The van der Waals surface area contributed by atoms with Crippen LogP contribution >= 0.6 is 0 Å². The summed E-state index contributed by atoms with van der Waals surface area (Å²) in [5, 5.41) is 5.51. The second kappa shape index (κ2) is 6.90. The highest BCUT2D eigenvalue weighted by Gasteiger charge is 2.46. The van der Waals surface area contributed by atoms with E-state index < -0.39 is 18.2 Å². The zero-order chi connectivity index (χ0) is 17.1. The summed E-state index contributed by atoms with van der Waals surface area (Å²) < 4.78 is 5.19. The van der Waals surface area contributed by atoms with E-state index in [9.17, 15) is 14.4 Å². The molecule has 0 unspecified atom stereocenters. The lowest BCUT2D eigenvalue weighted by molar-refractivity contribution is -0.147. The van der Waals surface area contributed by atoms with Gasteiger partial charge in [-0.25, -0.2) is 4.79 Å². The molecule has 2 aliphatic heterocycles. The van der Waals surface area contributed by atoms with Gasteiger partial charge >= 0.3 is 6.09 Å². The molecule has 2 aliphatic rings. The van der Waals surface area contributed by atoms with Crippen LogP contribution in [-0.4, -0.2) is 47.5 Å². The molecule has 0 radical (unpaired) electrons. The standard InChI is InChI=1S/C17H21N3O4/c1-2-6-13-16(22)20-10-11(9-14(20)15(21)19-13)18-17(23)24-12-7-4-3-5-8-12/h3-5,7-8,11,13-14H,2,6,9-10H2,1H3,(H,18,23)(H,19,21)/t11-,13-,14-/m0/s1. The molecule has 2 fully saturated rings. The molecular weight excluding hydrogens is 310 g/mol. The van der Waals surface area contributed by atoms with E-state index in [1.807, 2.05) is 13.0 Å². The number of rotatable bonds is 4. The van der Waals surface area contributed by atoms with Crippen molar-refractivity contribution in [2.75, 3.05) is 6.54 Å². The van der Waals surface area contributed by atoms with Gasteiger partial charge < -0.3 is 20.3 Å². The maximum Gasteiger partial charge on any atom is 0.412 e. The molecule has 7 nitrogen and oxygen atoms in total. The number of hydrogen-bond acceptors (Lipinski definition) is 4. The summed E-state index contributed by atoms with van der Waals surface area (Å²) in [6.07, 6.45) is 1.27. The zero-order valence-electron chi connectivity index (χ0n) is 13.5. The summed E-state index contributed by atoms with van der Waals surface area (Å²) >= 11 is 0. The number of para-hydroxylation sites is 1. The number of benzene rings is 1. The Labute approximate surface area is 140 Å². The highest BCUT2D eigenvalue weighted by atomic mass is 16.6. The van der Waals surface area contributed by atoms with Crippen LogP contribution in [0.3, 0.4) is 0 Å². The molecule has 24 heavy (non-hydrogen) atoms. The first-order chi connectivity index (χ1) is 11.6. The maximum absolute atomic E-state index is 12.4. The fourth-order valence-corrected chi connectivity index (χ4v) is 3.24. The first-order valence-electron chi connectivity index (χ1n) is 8.22. The Hall–Kier alpha value is -2.57. The van der Waals surface area contributed by atoms with Gasteiger partial charge in [-0.3, -0.25) is 9.59 Å². The Morgan fingerprint density at radius 2 is 2.08 bits per heavy atom. The van der Waals surface area contributed by atoms with Crippen molar-refractivity contribution in [1.29, 1.82) is 0 Å². The lowest BCUT2D eigenvalue weighted by Gasteiger charge is -2.34. The lowest BCUT2D eigenvalue weighted by atomic mass is 10.0. The second-order valence-corrected chi connectivity index (χ2v) is 6.14. The van der Waals surface area contributed by atoms with Gasteiger partial charge in [-0.15, -0.1) is 0 Å². The van der Waals surface area contributed by atoms with Crippen LogP contribution in [0.5, 0.6) is 5.75 Å². The van der Waals surface area contributed by atoms with Gasteiger partial charge in [0.25, 0.3) is 0 Å². The molecule has 7 heteroatoms. The normalized spacial score (nSPS) is 25.9. The highest BCUT2D eigenvalue weighted by molar-refractivity contribution is 5.97. The van der Waals surface area contributed by atoms with Crippen LogP contribution in [0.4, 0.5) is 4.79 Å². The maximum atomic E-state index is 12.4. The zero-order valence-corrected chi connectivity index (χ0v) is 13.5. The van der Waals surface area contributed by atoms with Gasteiger partial charge in [0.2, 0.25) is 11.8 Å². The minimum Gasteiger partial charge on any atom is -0.410 e. The number of nitrogens with one attached hydrogen (secondary N) is 2. The van der Waals surface area contributed by atoms with Gasteiger partial charge in [-0.05, 0) is 25.0 Å². The molecule has 0 aliphatic carbocycles. The number of ether oxygens (including phenoxy) is 1. The van der Waals surface area contributed by atoms with Crippen LogP contribution < -0.4 is 15.4 Å². The average Bonchev–Trinajstić information content (AvgIpc) is 2.98. The Morgan fingerprint density at radius 3 is 2.79 bits per heavy atom. The van der Waals surface area contributed by atoms with E-state index in [-0.39, 0.29) is 17.9 Å². The van der Waals surface area contributed by atoms with Crippen molar-refractivity contribution in [3.05, 3.63) is 30.3 Å². The predicted molar refractivity (Wildman–Crippen MR) is 86.3 cm³/mol. The number of nitrogens with zero attached hydrogens (tertiary/aromatic N) is 1. The van der Waals surface area contributed by atoms with Crippen molar-refractivity contribution >= 4 is 17.9 Å². The van der Waals surface area contributed by atoms with Crippen molar-refractivity contribution in [2.24, 2.45) is 0 Å². The fraction of sp³-hybridized carbons (Fsp3) is 0.471. The van der Waals surface area contributed by atoms with Crippen molar-refractivity contribution in [3.8, 4) is 5.75 Å². The summed E-state index contributed by atoms with van der Waals surface area (Å²) in [5.41, 5.74) is 0. The quantitative estimate of drug-likeness (QED) is 0.863. The molecule has 0 spiro atoms. The Morgan fingerprint density at radius 1 is 1.33 bits per heavy atom. The van der Waals surface area contributed by atoms with E-state index in [2.05, 4.69) is 10.6 Å². The van der Waals surface area contributed by atoms with Gasteiger partial charge in [0.15, 0.2) is 0 Å². The summed E-state index contributed by atoms with van der Waals surface area (Å²) in [6, 6.07) is 7.50. The Bertz CT molecular complexity index is 634. The molecule has 3 amide bonds. The molecule has 2 saturated heterocycles. The van der Waals surface area contributed by atoms with Gasteiger partial charge in [0.05, 0.1) is 6.04 Å². The summed E-state index contributed by atoms with van der Waals surface area (Å²) in [6.45, 7) is 2.31. The molecular formula is C17H21N3O4. The summed E-state index contributed by atoms with van der Waals surface area (Å²) in [7, 11) is 0. The van der Waals surface area contributed by atoms with Crippen molar-refractivity contribution in [3.63, 3.8) is 0 Å². The number of fused-ring (bicyclic) bond motifs is 1. The van der Waals surface area contributed by atoms with E-state index in [4.69, 9.17) is 4.74 Å². The SMILES string of the molecule is CCC[C@@H]1NC(=O)[C@@H]2C[C@H](NC(=O)Oc3ccccc3)CN2C1=O. The summed E-state index contributed by atoms with van der Waals surface area (Å²) in [4.78, 5) is 38.2. The minimum absolute atomic E-state index is 0.0674. The molecule has 3 atom stereocenters. The molecule has 2 heterocycles. The number of carbonyl (C=O) groups is 3. The Balaban J connectivity index is 1.59. The number of amides is 3. The molecule has 1 aromatic carbocycles. The van der Waals surface area contributed by atoms with Crippen molar-refractivity contribution < 1.29 is 19.1 Å². The third-order valence-electron chi connectivity index (χ3n) is 4.35. The van der Waals surface area contributed by atoms with E-state index in [0.29, 0.717) is 25.1 Å². The van der Waals surface area contributed by atoms with Crippen LogP contribution in [0.25, 0.3) is 0 Å². The van der Waals surface area contributed by atoms with Crippen LogP contribution in [-0.2, 0) is 9.59 Å². The van der Waals surface area contributed by atoms with Crippen LogP contribution in [0, 0.1) is 0 Å². The topological polar surface area (TPSA) is 87.7 Å². The van der Waals surface area contributed by atoms with Gasteiger partial charge in [-0.1, -0.05) is 31.5 Å². The van der Waals surface area contributed by atoms with E-state index in [0.717, 1.165) is 6.42 Å². The van der Waals surface area contributed by atoms with Gasteiger partial charge in [0.1, 0.15) is 17.8 Å². The molecule has 1 aromatic rings. The largest absolute Gasteiger partial charge is 0.412 e. The molecule has 3 rings (SSSR count). The van der Waals surface area contributed by atoms with E-state index in [1.54, 1.807) is 29.2 Å². The summed E-state index contributed by atoms with van der Waals surface area (Å²) in [5.74, 6) is 0.235. The third-order valence-corrected chi connectivity index (χ3v) is 4.35. The van der Waals surface area contributed by atoms with E-state index >= 15 is 0 Å². The smallest absolute Gasteiger partial charge is 0.410 e. The minimum atomic E-state index is -0.580. The monoisotopic (exact) mass is 331 g/mol. The molecule has 2 N–H and O–H groups in total. The molecule has 0 aromatic heterocycles. The van der Waals surface area contributed by atoms with Crippen LogP contribution in [0.2, 0.25) is 0 Å². The Kier molecular flexibility index (Phi) is 4.69. The second-order valence-electron chi connectivity index (χ2n) is 6.14. The van der Waals surface area contributed by atoms with E-state index in [1.165, 1.54) is 0 Å². The molecule has 128 valence electrons. The first-order valence-corrected chi connectivity index (χ1v) is 8.22. The van der Waals surface area contributed by atoms with Gasteiger partial charge in [-0.2, -0.15) is 0 Å². The van der Waals surface area contributed by atoms with Crippen molar-refractivity contribution in [1.82, 2.24) is 15.5 Å². The number of hydrogen-bond donors (Lipinski definition) is 2. The predicted octanol–water partition coefficient (Wildman–Crippen LogP) is 1.04. The third kappa shape index (κ3) is 3.34. The van der Waals surface area contributed by atoms with Gasteiger partial charge in [0, 0.05) is 6.54 Å². The molecule has 0 bridgehead atoms. The van der Waals surface area contributed by atoms with Crippen LogP contribution in [0.1, 0.15) is 26.2 Å². The lowest BCUT2D eigenvalue weighted by Crippen LogP contribution is -2.61. The highest BCUT2D eigenvalue weighted by Crippen LogP contribution is 2.24. The fourth-order valence-electron chi connectivity index (χ4n) is 3.24. The average molecular weight is 331 g/mol. The van der Waals surface area contributed by atoms with Crippen molar-refractivity contribution in [2.45, 2.75) is 44.3 Å².